The molecule has 0 aliphatic carbocycles. The van der Waals surface area contributed by atoms with Crippen LogP contribution < -0.4 is 0 Å². The van der Waals surface area contributed by atoms with E-state index in [2.05, 4.69) is 6.58 Å². The second-order valence-electron chi connectivity index (χ2n) is 0.634. The molecule has 0 saturated heterocycles. The molecule has 0 aliphatic heterocycles. The summed E-state index contributed by atoms with van der Waals surface area (Å²) >= 11 is 0. The van der Waals surface area contributed by atoms with E-state index in [4.69, 9.17) is 4.91 Å². The van der Waals surface area contributed by atoms with Crippen molar-refractivity contribution < 1.29 is 4.79 Å². The lowest BCUT2D eigenvalue weighted by Gasteiger charge is -1.61. The molecule has 1 amide bonds. The van der Waals surface area contributed by atoms with Gasteiger partial charge in [-0.05, 0) is 0 Å². The molecule has 0 bridgehead atoms. The molecule has 6 heavy (non-hydrogen) atoms. The first kappa shape index (κ1) is 5.01. The van der Waals surface area contributed by atoms with Crippen LogP contribution >= 0.6 is 0 Å². The topological polar surface area (TPSA) is 46.5 Å². The van der Waals surface area contributed by atoms with E-state index in [9.17, 15) is 4.79 Å². The molecule has 32 valence electrons. The summed E-state index contributed by atoms with van der Waals surface area (Å²) in [6, 6.07) is 0. The maximum absolute atomic E-state index is 9.58. The van der Waals surface area contributed by atoms with Crippen LogP contribution in [0.15, 0.2) is 17.8 Å². The van der Waals surface area contributed by atoms with Crippen LogP contribution in [0.2, 0.25) is 0 Å². The molecule has 3 heteroatoms. The van der Waals surface area contributed by atoms with Crippen LogP contribution in [0.25, 0.3) is 0 Å². The predicted octanol–water partition coefficient (Wildman–Crippen LogP) is 0.465. The van der Waals surface area contributed by atoms with Gasteiger partial charge in [-0.1, -0.05) is 6.58 Å². The van der Waals surface area contributed by atoms with Gasteiger partial charge in [-0.2, -0.15) is 0 Å². The Morgan fingerprint density at radius 3 is 2.33 bits per heavy atom. The minimum Gasteiger partial charge on any atom is -0.264 e. The highest BCUT2D eigenvalue weighted by Crippen LogP contribution is 1.68. The Labute approximate surface area is 34.6 Å². The fourth-order valence-corrected chi connectivity index (χ4v) is 0.0373. The van der Waals surface area contributed by atoms with Crippen molar-refractivity contribution in [2.45, 2.75) is 0 Å². The van der Waals surface area contributed by atoms with Crippen molar-refractivity contribution in [3.8, 4) is 0 Å². The Morgan fingerprint density at radius 2 is 2.33 bits per heavy atom. The Balaban J connectivity index is 3.52. The molecule has 0 aromatic rings. The summed E-state index contributed by atoms with van der Waals surface area (Å²) < 4.78 is 0. The van der Waals surface area contributed by atoms with E-state index in [1.54, 1.807) is 0 Å². The van der Waals surface area contributed by atoms with Gasteiger partial charge in [0.05, 0.1) is 0 Å². The monoisotopic (exact) mass is 85.0 g/mol. The zero-order chi connectivity index (χ0) is 4.99. The van der Waals surface area contributed by atoms with E-state index in [1.807, 2.05) is 5.18 Å². The average Bonchev–Trinajstić information content (AvgIpc) is 1.65. The van der Waals surface area contributed by atoms with Crippen molar-refractivity contribution in [1.29, 1.82) is 0 Å². The predicted molar refractivity (Wildman–Crippen MR) is 21.0 cm³/mol. The van der Waals surface area contributed by atoms with E-state index in [0.29, 0.717) is 0 Å². The van der Waals surface area contributed by atoms with Crippen LogP contribution in [0.5, 0.6) is 0 Å². The summed E-state index contributed by atoms with van der Waals surface area (Å²) in [5, 5.41) is 2.00. The molecule has 0 aliphatic rings. The number of rotatable bonds is 1. The molecule has 0 fully saturated rings. The molecule has 0 aromatic heterocycles. The minimum atomic E-state index is -0.824. The van der Waals surface area contributed by atoms with Gasteiger partial charge in [-0.3, -0.25) is 4.79 Å². The molecule has 0 radical (unpaired) electrons. The summed E-state index contributed by atoms with van der Waals surface area (Å²) in [5.41, 5.74) is 0. The first-order chi connectivity index (χ1) is 2.81. The molecule has 0 spiro atoms. The zero-order valence-corrected chi connectivity index (χ0v) is 3.05. The van der Waals surface area contributed by atoms with Crippen LogP contribution in [-0.2, 0) is 4.79 Å². The molecule has 3 nitrogen and oxygen atoms in total. The van der Waals surface area contributed by atoms with Crippen molar-refractivity contribution in [2.24, 2.45) is 5.18 Å². The smallest absolute Gasteiger partial charge is 0.264 e. The molecule has 0 heterocycles. The molecule has 0 N–H and O–H groups in total. The van der Waals surface area contributed by atoms with Crippen molar-refractivity contribution in [2.75, 3.05) is 0 Å². The first-order valence-electron chi connectivity index (χ1n) is 1.31. The van der Waals surface area contributed by atoms with Gasteiger partial charge in [-0.15, -0.1) is 4.91 Å². The molecule has 0 rings (SSSR count). The second kappa shape index (κ2) is 2.26. The Morgan fingerprint density at radius 1 is 1.83 bits per heavy atom. The van der Waals surface area contributed by atoms with Crippen molar-refractivity contribution >= 4 is 5.91 Å². The maximum Gasteiger partial charge on any atom is 0.309 e. The molecule has 0 aromatic carbocycles. The highest BCUT2D eigenvalue weighted by Gasteiger charge is 1.83. The average molecular weight is 85.1 g/mol. The number of hydrogen-bond acceptors (Lipinski definition) is 2. The lowest BCUT2D eigenvalue weighted by atomic mass is 10.6. The third kappa shape index (κ3) is 1.34. The summed E-state index contributed by atoms with van der Waals surface area (Å²) in [5.74, 6) is -0.824. The molecular weight excluding hydrogens is 82.0 g/mol. The van der Waals surface area contributed by atoms with Crippen LogP contribution in [0, 0.1) is 4.91 Å². The lowest BCUT2D eigenvalue weighted by molar-refractivity contribution is -0.113. The normalized spacial score (nSPS) is 6.67. The zero-order valence-electron chi connectivity index (χ0n) is 3.05. The van der Waals surface area contributed by atoms with Gasteiger partial charge < -0.3 is 0 Å². The van der Waals surface area contributed by atoms with Crippen LogP contribution in [0.3, 0.4) is 0 Å². The fraction of sp³-hybridized carbons (Fsp3) is 0. The summed E-state index contributed by atoms with van der Waals surface area (Å²) in [7, 11) is 0. The number of carbonyl (C=O) groups excluding carboxylic acids is 1. The van der Waals surface area contributed by atoms with Crippen LogP contribution in [-0.4, -0.2) is 5.91 Å². The van der Waals surface area contributed by atoms with Gasteiger partial charge in [-0.25, -0.2) is 0 Å². The quantitative estimate of drug-likeness (QED) is 0.343. The van der Waals surface area contributed by atoms with E-state index >= 15 is 0 Å². The number of nitrogens with zero attached hydrogens (tertiary/aromatic N) is 1. The largest absolute Gasteiger partial charge is 0.309 e. The number of amides is 1. The van der Waals surface area contributed by atoms with Gasteiger partial charge in [0.25, 0.3) is 0 Å². The van der Waals surface area contributed by atoms with Crippen molar-refractivity contribution in [3.63, 3.8) is 0 Å². The maximum atomic E-state index is 9.58. The van der Waals surface area contributed by atoms with Crippen molar-refractivity contribution in [1.82, 2.24) is 0 Å². The van der Waals surface area contributed by atoms with E-state index in [0.717, 1.165) is 6.08 Å². The first-order valence-corrected chi connectivity index (χ1v) is 1.31. The van der Waals surface area contributed by atoms with Gasteiger partial charge in [0, 0.05) is 11.3 Å². The summed E-state index contributed by atoms with van der Waals surface area (Å²) in [4.78, 5) is 18.6. The van der Waals surface area contributed by atoms with Crippen LogP contribution in [0.1, 0.15) is 0 Å². The second-order valence-corrected chi connectivity index (χ2v) is 0.634. The van der Waals surface area contributed by atoms with Gasteiger partial charge >= 0.3 is 5.91 Å². The highest BCUT2D eigenvalue weighted by atomic mass is 16.3. The van der Waals surface area contributed by atoms with E-state index in [1.165, 1.54) is 0 Å². The highest BCUT2D eigenvalue weighted by molar-refractivity contribution is 5.87. The van der Waals surface area contributed by atoms with E-state index < -0.39 is 5.91 Å². The lowest BCUT2D eigenvalue weighted by Crippen LogP contribution is -1.78. The minimum absolute atomic E-state index is 0.824. The fourth-order valence-electron chi connectivity index (χ4n) is 0.0373. The Bertz CT molecular complexity index is 76.8. The Hall–Kier alpha value is -0.990. The van der Waals surface area contributed by atoms with Crippen molar-refractivity contribution in [3.05, 3.63) is 17.6 Å². The molecular formula is C3H3NO2. The van der Waals surface area contributed by atoms with Gasteiger partial charge in [0.2, 0.25) is 0 Å². The molecule has 0 saturated carbocycles. The third-order valence-corrected chi connectivity index (χ3v) is 0.265. The molecule has 0 atom stereocenters. The SMILES string of the molecule is C=CC(=O)N=O. The van der Waals surface area contributed by atoms with Gasteiger partial charge in [0.1, 0.15) is 0 Å². The van der Waals surface area contributed by atoms with Gasteiger partial charge in [0.15, 0.2) is 0 Å². The number of nitroso groups, excluding NO2 is 1. The third-order valence-electron chi connectivity index (χ3n) is 0.265. The molecule has 0 unspecified atom stereocenters. The Kier molecular flexibility index (Phi) is 1.89. The summed E-state index contributed by atoms with van der Waals surface area (Å²) in [6.07, 6.45) is 0.854. The standard InChI is InChI=1S/C3H3NO2/c1-2-3(5)4-6/h2H,1H2. The number of hydrogen-bond donors (Lipinski definition) is 0. The number of carbonyl (C=O) groups is 1. The van der Waals surface area contributed by atoms with Crippen LogP contribution in [0.4, 0.5) is 0 Å². The van der Waals surface area contributed by atoms with E-state index in [-0.39, 0.29) is 0 Å². The summed E-state index contributed by atoms with van der Waals surface area (Å²) in [6.45, 7) is 2.99.